The van der Waals surface area contributed by atoms with E-state index in [9.17, 15) is 4.79 Å². The molecule has 0 saturated heterocycles. The Morgan fingerprint density at radius 3 is 2.18 bits per heavy atom. The van der Waals surface area contributed by atoms with Gasteiger partial charge in [-0.25, -0.2) is 0 Å². The van der Waals surface area contributed by atoms with E-state index in [1.54, 1.807) is 50.6 Å². The zero-order valence-corrected chi connectivity index (χ0v) is 12.6. The number of ether oxygens (including phenoxy) is 3. The number of methoxy groups -OCH3 is 2. The minimum atomic E-state index is -0.0610. The van der Waals surface area contributed by atoms with Crippen molar-refractivity contribution in [3.8, 4) is 11.5 Å². The molecule has 0 aliphatic carbocycles. The molecule has 2 rings (SSSR count). The maximum absolute atomic E-state index is 12.1. The summed E-state index contributed by atoms with van der Waals surface area (Å²) in [6, 6.07) is 14.4. The summed E-state index contributed by atoms with van der Waals surface area (Å²) in [6.45, 7) is 0.185. The predicted molar refractivity (Wildman–Crippen MR) is 85.3 cm³/mol. The van der Waals surface area contributed by atoms with Crippen LogP contribution in [0.4, 0.5) is 0 Å². The van der Waals surface area contributed by atoms with Crippen LogP contribution in [0.15, 0.2) is 54.6 Å². The molecule has 0 unspecified atom stereocenters. The van der Waals surface area contributed by atoms with Crippen molar-refractivity contribution in [2.45, 2.75) is 0 Å². The number of rotatable bonds is 7. The molecule has 4 nitrogen and oxygen atoms in total. The van der Waals surface area contributed by atoms with Crippen molar-refractivity contribution in [1.29, 1.82) is 0 Å². The minimum Gasteiger partial charge on any atom is -0.497 e. The first kappa shape index (κ1) is 15.8. The zero-order chi connectivity index (χ0) is 15.8. The lowest BCUT2D eigenvalue weighted by Gasteiger charge is -2.04. The Hall–Kier alpha value is -2.59. The van der Waals surface area contributed by atoms with Crippen LogP contribution >= 0.6 is 0 Å². The van der Waals surface area contributed by atoms with E-state index in [4.69, 9.17) is 14.2 Å². The highest BCUT2D eigenvalue weighted by Gasteiger charge is 2.02. The van der Waals surface area contributed by atoms with Crippen LogP contribution in [0.5, 0.6) is 11.5 Å². The van der Waals surface area contributed by atoms with Gasteiger partial charge in [0.05, 0.1) is 7.11 Å². The fourth-order valence-corrected chi connectivity index (χ4v) is 1.83. The van der Waals surface area contributed by atoms with E-state index in [-0.39, 0.29) is 12.6 Å². The first-order valence-corrected chi connectivity index (χ1v) is 6.81. The van der Waals surface area contributed by atoms with Gasteiger partial charge in [0.2, 0.25) is 0 Å². The molecular weight excluding hydrogens is 280 g/mol. The Morgan fingerprint density at radius 1 is 0.955 bits per heavy atom. The van der Waals surface area contributed by atoms with Gasteiger partial charge in [-0.2, -0.15) is 0 Å². The molecule has 0 heterocycles. The Balaban J connectivity index is 1.99. The first-order chi connectivity index (χ1) is 10.7. The first-order valence-electron chi connectivity index (χ1n) is 6.81. The second-order valence-electron chi connectivity index (χ2n) is 4.55. The third-order valence-corrected chi connectivity index (χ3v) is 3.03. The van der Waals surface area contributed by atoms with Gasteiger partial charge in [-0.15, -0.1) is 0 Å². The Labute approximate surface area is 129 Å². The predicted octanol–water partition coefficient (Wildman–Crippen LogP) is 3.57. The second-order valence-corrected chi connectivity index (χ2v) is 4.55. The van der Waals surface area contributed by atoms with Gasteiger partial charge in [-0.3, -0.25) is 4.79 Å². The van der Waals surface area contributed by atoms with Crippen LogP contribution in [0.3, 0.4) is 0 Å². The van der Waals surface area contributed by atoms with Crippen LogP contribution in [0.2, 0.25) is 0 Å². The van der Waals surface area contributed by atoms with Crippen LogP contribution in [0.1, 0.15) is 15.9 Å². The maximum Gasteiger partial charge on any atom is 0.188 e. The lowest BCUT2D eigenvalue weighted by Crippen LogP contribution is -1.99. The van der Waals surface area contributed by atoms with E-state index in [1.807, 2.05) is 24.3 Å². The van der Waals surface area contributed by atoms with Gasteiger partial charge >= 0.3 is 0 Å². The van der Waals surface area contributed by atoms with Gasteiger partial charge in [0.15, 0.2) is 12.6 Å². The van der Waals surface area contributed by atoms with Crippen LogP contribution in [-0.2, 0) is 4.74 Å². The summed E-state index contributed by atoms with van der Waals surface area (Å²) < 4.78 is 15.2. The maximum atomic E-state index is 12.1. The third kappa shape index (κ3) is 4.46. The van der Waals surface area contributed by atoms with E-state index < -0.39 is 0 Å². The molecule has 0 fully saturated rings. The van der Waals surface area contributed by atoms with Crippen LogP contribution in [0.25, 0.3) is 6.08 Å². The van der Waals surface area contributed by atoms with Gasteiger partial charge in [0.1, 0.15) is 11.5 Å². The summed E-state index contributed by atoms with van der Waals surface area (Å²) in [5.41, 5.74) is 1.55. The molecule has 2 aromatic carbocycles. The van der Waals surface area contributed by atoms with Crippen molar-refractivity contribution in [3.63, 3.8) is 0 Å². The van der Waals surface area contributed by atoms with Crippen molar-refractivity contribution in [2.75, 3.05) is 21.0 Å². The number of hydrogen-bond donors (Lipinski definition) is 0. The van der Waals surface area contributed by atoms with Gasteiger partial charge in [0.25, 0.3) is 0 Å². The molecule has 0 aliphatic rings. The number of carbonyl (C=O) groups is 1. The third-order valence-electron chi connectivity index (χ3n) is 3.03. The number of allylic oxidation sites excluding steroid dienone is 1. The average molecular weight is 298 g/mol. The van der Waals surface area contributed by atoms with Crippen molar-refractivity contribution < 1.29 is 19.0 Å². The topological polar surface area (TPSA) is 44.8 Å². The van der Waals surface area contributed by atoms with Gasteiger partial charge in [-0.1, -0.05) is 18.2 Å². The summed E-state index contributed by atoms with van der Waals surface area (Å²) in [6.07, 6.45) is 3.32. The van der Waals surface area contributed by atoms with Crippen molar-refractivity contribution in [3.05, 3.63) is 65.7 Å². The molecule has 114 valence electrons. The zero-order valence-electron chi connectivity index (χ0n) is 12.6. The lowest BCUT2D eigenvalue weighted by atomic mass is 10.1. The monoisotopic (exact) mass is 298 g/mol. The fraction of sp³-hybridized carbons (Fsp3) is 0.167. The van der Waals surface area contributed by atoms with Gasteiger partial charge < -0.3 is 14.2 Å². The average Bonchev–Trinajstić information content (AvgIpc) is 2.58. The van der Waals surface area contributed by atoms with Gasteiger partial charge in [0, 0.05) is 12.7 Å². The number of benzene rings is 2. The lowest BCUT2D eigenvalue weighted by molar-refractivity contribution is 0.0511. The molecular formula is C18H18O4. The standard InChI is InChI=1S/C18H18O4/c1-20-13-22-17-10-6-15(7-11-17)18(19)12-5-14-3-8-16(21-2)9-4-14/h3-12H,13H2,1-2H3/b12-5+. The number of ketones is 1. The SMILES string of the molecule is COCOc1ccc(C(=O)/C=C/c2ccc(OC)cc2)cc1. The van der Waals surface area contributed by atoms with E-state index in [0.29, 0.717) is 11.3 Å². The molecule has 22 heavy (non-hydrogen) atoms. The molecule has 4 heteroatoms. The highest BCUT2D eigenvalue weighted by atomic mass is 16.7. The summed E-state index contributed by atoms with van der Waals surface area (Å²) in [7, 11) is 3.18. The Kier molecular flexibility index (Phi) is 5.74. The normalized spacial score (nSPS) is 10.6. The van der Waals surface area contributed by atoms with E-state index in [1.165, 1.54) is 0 Å². The molecule has 0 N–H and O–H groups in total. The summed E-state index contributed by atoms with van der Waals surface area (Å²) in [5, 5.41) is 0. The molecule has 0 aliphatic heterocycles. The van der Waals surface area contributed by atoms with E-state index in [0.717, 1.165) is 11.3 Å². The van der Waals surface area contributed by atoms with Crippen LogP contribution in [-0.4, -0.2) is 26.8 Å². The summed E-state index contributed by atoms with van der Waals surface area (Å²) in [5.74, 6) is 1.39. The molecule has 0 radical (unpaired) electrons. The van der Waals surface area contributed by atoms with Crippen LogP contribution in [0, 0.1) is 0 Å². The number of carbonyl (C=O) groups excluding carboxylic acids is 1. The van der Waals surface area contributed by atoms with Crippen LogP contribution < -0.4 is 9.47 Å². The molecule has 0 amide bonds. The summed E-state index contributed by atoms with van der Waals surface area (Å²) in [4.78, 5) is 12.1. The van der Waals surface area contributed by atoms with Gasteiger partial charge in [-0.05, 0) is 48.0 Å². The molecule has 0 bridgehead atoms. The van der Waals surface area contributed by atoms with E-state index in [2.05, 4.69) is 0 Å². The minimum absolute atomic E-state index is 0.0610. The second kappa shape index (κ2) is 8.00. The van der Waals surface area contributed by atoms with Crippen molar-refractivity contribution in [1.82, 2.24) is 0 Å². The van der Waals surface area contributed by atoms with Crippen molar-refractivity contribution in [2.24, 2.45) is 0 Å². The quantitative estimate of drug-likeness (QED) is 0.445. The Morgan fingerprint density at radius 2 is 1.59 bits per heavy atom. The largest absolute Gasteiger partial charge is 0.497 e. The highest BCUT2D eigenvalue weighted by molar-refractivity contribution is 6.06. The molecule has 0 atom stereocenters. The molecule has 2 aromatic rings. The Bertz CT molecular complexity index is 627. The fourth-order valence-electron chi connectivity index (χ4n) is 1.83. The number of hydrogen-bond acceptors (Lipinski definition) is 4. The summed E-state index contributed by atoms with van der Waals surface area (Å²) >= 11 is 0. The van der Waals surface area contributed by atoms with E-state index >= 15 is 0 Å². The smallest absolute Gasteiger partial charge is 0.188 e. The van der Waals surface area contributed by atoms with Crippen molar-refractivity contribution >= 4 is 11.9 Å². The molecule has 0 saturated carbocycles. The highest BCUT2D eigenvalue weighted by Crippen LogP contribution is 2.15. The molecule has 0 spiro atoms. The molecule has 0 aromatic heterocycles.